The zero-order valence-corrected chi connectivity index (χ0v) is 9.21. The summed E-state index contributed by atoms with van der Waals surface area (Å²) in [6.07, 6.45) is 1.49. The van der Waals surface area contributed by atoms with E-state index in [-0.39, 0.29) is 0 Å². The Labute approximate surface area is 97.5 Å². The Morgan fingerprint density at radius 1 is 1.18 bits per heavy atom. The minimum Gasteiger partial charge on any atom is -0.481 e. The Morgan fingerprint density at radius 2 is 2.12 bits per heavy atom. The van der Waals surface area contributed by atoms with Gasteiger partial charge in [0.2, 0.25) is 5.88 Å². The highest BCUT2D eigenvalue weighted by Crippen LogP contribution is 2.22. The molecule has 0 unspecified atom stereocenters. The maximum Gasteiger partial charge on any atom is 0.213 e. The van der Waals surface area contributed by atoms with Gasteiger partial charge in [0.15, 0.2) is 5.82 Å². The summed E-state index contributed by atoms with van der Waals surface area (Å²) in [5.41, 5.74) is 1.88. The van der Waals surface area contributed by atoms with E-state index in [1.54, 1.807) is 7.11 Å². The summed E-state index contributed by atoms with van der Waals surface area (Å²) in [7, 11) is 1.61. The lowest BCUT2D eigenvalue weighted by atomic mass is 10.1. The molecule has 84 valence electrons. The van der Waals surface area contributed by atoms with E-state index in [9.17, 15) is 0 Å². The molecule has 0 saturated heterocycles. The minimum absolute atomic E-state index is 0.616. The van der Waals surface area contributed by atoms with Crippen molar-refractivity contribution in [2.75, 3.05) is 7.11 Å². The Bertz CT molecular complexity index is 649. The van der Waals surface area contributed by atoms with E-state index in [0.717, 1.165) is 22.3 Å². The summed E-state index contributed by atoms with van der Waals surface area (Å²) in [6, 6.07) is 9.72. The third kappa shape index (κ3) is 1.71. The number of benzene rings is 1. The van der Waals surface area contributed by atoms with Crippen molar-refractivity contribution in [2.24, 2.45) is 0 Å². The van der Waals surface area contributed by atoms with Gasteiger partial charge in [-0.15, -0.1) is 0 Å². The number of ether oxygens (including phenoxy) is 1. The van der Waals surface area contributed by atoms with Crippen LogP contribution in [0, 0.1) is 0 Å². The van der Waals surface area contributed by atoms with Gasteiger partial charge in [0.05, 0.1) is 12.6 Å². The van der Waals surface area contributed by atoms with E-state index in [1.807, 2.05) is 30.3 Å². The van der Waals surface area contributed by atoms with Crippen molar-refractivity contribution in [3.8, 4) is 17.3 Å². The van der Waals surface area contributed by atoms with Crippen molar-refractivity contribution in [1.29, 1.82) is 0 Å². The summed E-state index contributed by atoms with van der Waals surface area (Å²) in [5, 5.41) is 7.71. The number of hydrogen-bond donors (Lipinski definition) is 1. The molecule has 3 rings (SSSR count). The molecule has 5 heteroatoms. The van der Waals surface area contributed by atoms with Gasteiger partial charge >= 0.3 is 0 Å². The number of methoxy groups -OCH3 is 1. The second-order valence-corrected chi connectivity index (χ2v) is 3.60. The van der Waals surface area contributed by atoms with E-state index < -0.39 is 0 Å². The van der Waals surface area contributed by atoms with E-state index in [2.05, 4.69) is 20.2 Å². The predicted octanol–water partition coefficient (Wildman–Crippen LogP) is 2.03. The molecule has 2 heterocycles. The van der Waals surface area contributed by atoms with Crippen LogP contribution < -0.4 is 4.74 Å². The summed E-state index contributed by atoms with van der Waals surface area (Å²) in [5.74, 6) is 1.37. The van der Waals surface area contributed by atoms with Gasteiger partial charge in [-0.05, 0) is 24.3 Å². The quantitative estimate of drug-likeness (QED) is 0.726. The summed E-state index contributed by atoms with van der Waals surface area (Å²) >= 11 is 0. The smallest absolute Gasteiger partial charge is 0.213 e. The van der Waals surface area contributed by atoms with Crippen LogP contribution in [-0.2, 0) is 0 Å². The van der Waals surface area contributed by atoms with E-state index in [4.69, 9.17) is 4.74 Å². The van der Waals surface area contributed by atoms with Crippen molar-refractivity contribution >= 4 is 10.9 Å². The van der Waals surface area contributed by atoms with Crippen LogP contribution in [0.25, 0.3) is 22.3 Å². The van der Waals surface area contributed by atoms with Crippen LogP contribution in [-0.4, -0.2) is 27.3 Å². The van der Waals surface area contributed by atoms with E-state index in [0.29, 0.717) is 5.88 Å². The highest BCUT2D eigenvalue weighted by molar-refractivity contribution is 5.83. The molecule has 5 nitrogen and oxygen atoms in total. The average Bonchev–Trinajstić information content (AvgIpc) is 2.91. The lowest BCUT2D eigenvalue weighted by Crippen LogP contribution is -1.88. The molecule has 0 aliphatic rings. The lowest BCUT2D eigenvalue weighted by Gasteiger charge is -2.02. The highest BCUT2D eigenvalue weighted by atomic mass is 16.5. The Morgan fingerprint density at radius 3 is 2.88 bits per heavy atom. The molecule has 0 atom stereocenters. The third-order valence-corrected chi connectivity index (χ3v) is 2.56. The standard InChI is InChI=1S/C12H10N4O/c1-17-11-5-3-8-6-9(2-4-10(8)15-11)12-13-7-14-16-12/h2-7H,1H3,(H,13,14,16). The molecule has 0 bridgehead atoms. The van der Waals surface area contributed by atoms with Gasteiger partial charge in [-0.3, -0.25) is 5.10 Å². The molecule has 0 aliphatic heterocycles. The van der Waals surface area contributed by atoms with Gasteiger partial charge in [0.25, 0.3) is 0 Å². The molecule has 2 aromatic heterocycles. The monoisotopic (exact) mass is 226 g/mol. The first-order valence-electron chi connectivity index (χ1n) is 5.17. The predicted molar refractivity (Wildman–Crippen MR) is 63.7 cm³/mol. The number of fused-ring (bicyclic) bond motifs is 1. The van der Waals surface area contributed by atoms with E-state index in [1.165, 1.54) is 6.33 Å². The van der Waals surface area contributed by atoms with Crippen molar-refractivity contribution in [1.82, 2.24) is 20.2 Å². The highest BCUT2D eigenvalue weighted by Gasteiger charge is 2.03. The molecule has 3 aromatic rings. The van der Waals surface area contributed by atoms with Crippen LogP contribution in [0.2, 0.25) is 0 Å². The second-order valence-electron chi connectivity index (χ2n) is 3.60. The van der Waals surface area contributed by atoms with Crippen molar-refractivity contribution in [3.63, 3.8) is 0 Å². The molecule has 0 spiro atoms. The number of hydrogen-bond acceptors (Lipinski definition) is 4. The number of pyridine rings is 1. The molecule has 1 N–H and O–H groups in total. The second kappa shape index (κ2) is 3.86. The fourth-order valence-corrected chi connectivity index (χ4v) is 1.71. The molecule has 0 aliphatic carbocycles. The van der Waals surface area contributed by atoms with Gasteiger partial charge in [0, 0.05) is 17.0 Å². The van der Waals surface area contributed by atoms with Gasteiger partial charge in [0.1, 0.15) is 6.33 Å². The van der Waals surface area contributed by atoms with E-state index >= 15 is 0 Å². The van der Waals surface area contributed by atoms with Gasteiger partial charge < -0.3 is 4.74 Å². The van der Waals surface area contributed by atoms with Crippen LogP contribution in [0.4, 0.5) is 0 Å². The SMILES string of the molecule is COc1ccc2cc(-c3ncn[nH]3)ccc2n1. The average molecular weight is 226 g/mol. The summed E-state index contributed by atoms with van der Waals surface area (Å²) in [4.78, 5) is 8.46. The zero-order chi connectivity index (χ0) is 11.7. The molecule has 0 amide bonds. The first kappa shape index (κ1) is 9.77. The third-order valence-electron chi connectivity index (χ3n) is 2.56. The largest absolute Gasteiger partial charge is 0.481 e. The molecular formula is C12H10N4O. The number of rotatable bonds is 2. The number of aromatic amines is 1. The summed E-state index contributed by atoms with van der Waals surface area (Å²) < 4.78 is 5.09. The van der Waals surface area contributed by atoms with Crippen LogP contribution in [0.1, 0.15) is 0 Å². The fourth-order valence-electron chi connectivity index (χ4n) is 1.71. The lowest BCUT2D eigenvalue weighted by molar-refractivity contribution is 0.399. The van der Waals surface area contributed by atoms with Crippen LogP contribution in [0.3, 0.4) is 0 Å². The number of nitrogens with zero attached hydrogens (tertiary/aromatic N) is 3. The van der Waals surface area contributed by atoms with Crippen LogP contribution in [0.15, 0.2) is 36.7 Å². The number of H-pyrrole nitrogens is 1. The molecule has 17 heavy (non-hydrogen) atoms. The zero-order valence-electron chi connectivity index (χ0n) is 9.21. The van der Waals surface area contributed by atoms with Gasteiger partial charge in [-0.2, -0.15) is 5.10 Å². The molecule has 0 fully saturated rings. The number of aromatic nitrogens is 4. The van der Waals surface area contributed by atoms with Crippen molar-refractivity contribution < 1.29 is 4.74 Å². The van der Waals surface area contributed by atoms with Crippen LogP contribution >= 0.6 is 0 Å². The van der Waals surface area contributed by atoms with Gasteiger partial charge in [-0.1, -0.05) is 0 Å². The normalized spacial score (nSPS) is 10.6. The Balaban J connectivity index is 2.14. The first-order chi connectivity index (χ1) is 8.36. The summed E-state index contributed by atoms with van der Waals surface area (Å²) in [6.45, 7) is 0. The van der Waals surface area contributed by atoms with Crippen LogP contribution in [0.5, 0.6) is 5.88 Å². The Kier molecular flexibility index (Phi) is 2.22. The van der Waals surface area contributed by atoms with Gasteiger partial charge in [-0.25, -0.2) is 9.97 Å². The minimum atomic E-state index is 0.616. The fraction of sp³-hybridized carbons (Fsp3) is 0.0833. The molecule has 0 radical (unpaired) electrons. The molecule has 0 saturated carbocycles. The maximum absolute atomic E-state index is 5.09. The Hall–Kier alpha value is -2.43. The number of nitrogens with one attached hydrogen (secondary N) is 1. The van der Waals surface area contributed by atoms with Crippen molar-refractivity contribution in [2.45, 2.75) is 0 Å². The first-order valence-corrected chi connectivity index (χ1v) is 5.17. The molecule has 1 aromatic carbocycles. The topological polar surface area (TPSA) is 63.7 Å². The van der Waals surface area contributed by atoms with Crippen molar-refractivity contribution in [3.05, 3.63) is 36.7 Å². The molecular weight excluding hydrogens is 216 g/mol. The maximum atomic E-state index is 5.09.